The lowest BCUT2D eigenvalue weighted by atomic mass is 10.0. The number of thiophene rings is 1. The van der Waals surface area contributed by atoms with Gasteiger partial charge in [0.2, 0.25) is 0 Å². The Hall–Kier alpha value is -2.80. The van der Waals surface area contributed by atoms with Crippen LogP contribution in [0.1, 0.15) is 22.3 Å². The van der Waals surface area contributed by atoms with E-state index in [2.05, 4.69) is 15.6 Å². The Kier molecular flexibility index (Phi) is 5.35. The van der Waals surface area contributed by atoms with Gasteiger partial charge in [0.15, 0.2) is 0 Å². The zero-order valence-corrected chi connectivity index (χ0v) is 14.9. The Morgan fingerprint density at radius 3 is 2.84 bits per heavy atom. The summed E-state index contributed by atoms with van der Waals surface area (Å²) < 4.78 is 7.34. The number of aryl methyl sites for hydroxylation is 1. The van der Waals surface area contributed by atoms with Crippen molar-refractivity contribution in [2.24, 2.45) is 7.05 Å². The van der Waals surface area contributed by atoms with Gasteiger partial charge in [-0.15, -0.1) is 11.3 Å². The van der Waals surface area contributed by atoms with Crippen LogP contribution in [0.2, 0.25) is 0 Å². The lowest BCUT2D eigenvalue weighted by molar-refractivity contribution is 0.237. The molecular weight excluding hydrogens is 336 g/mol. The van der Waals surface area contributed by atoms with Gasteiger partial charge in [-0.05, 0) is 17.5 Å². The number of nitrogens with one attached hydrogen (secondary N) is 2. The number of amides is 2. The number of aromatic nitrogens is 2. The standard InChI is InChI=1S/C18H20N4O2S/c1-22-10-9-19-17(22)16(14-7-3-4-8-15(14)24-2)21-18(23)20-12-13-6-5-11-25-13/h3-11,16H,12H2,1-2H3,(H2,20,21,23). The molecule has 0 aliphatic rings. The number of imidazole rings is 1. The van der Waals surface area contributed by atoms with Crippen molar-refractivity contribution in [3.8, 4) is 5.75 Å². The number of ether oxygens (including phenoxy) is 1. The fourth-order valence-corrected chi connectivity index (χ4v) is 3.25. The van der Waals surface area contributed by atoms with Crippen LogP contribution in [0.5, 0.6) is 5.75 Å². The molecule has 3 aromatic rings. The average molecular weight is 356 g/mol. The summed E-state index contributed by atoms with van der Waals surface area (Å²) in [6, 6.07) is 10.9. The second-order valence-electron chi connectivity index (χ2n) is 5.48. The lowest BCUT2D eigenvalue weighted by Gasteiger charge is -2.21. The van der Waals surface area contributed by atoms with E-state index in [-0.39, 0.29) is 6.03 Å². The molecule has 0 spiro atoms. The zero-order valence-electron chi connectivity index (χ0n) is 14.1. The number of benzene rings is 1. The topological polar surface area (TPSA) is 68.2 Å². The van der Waals surface area contributed by atoms with Gasteiger partial charge in [0.05, 0.1) is 13.7 Å². The van der Waals surface area contributed by atoms with Crippen molar-refractivity contribution in [3.63, 3.8) is 0 Å². The van der Waals surface area contributed by atoms with Crippen molar-refractivity contribution in [1.82, 2.24) is 20.2 Å². The molecule has 0 fully saturated rings. The first-order valence-electron chi connectivity index (χ1n) is 7.86. The fourth-order valence-electron chi connectivity index (χ4n) is 2.60. The monoisotopic (exact) mass is 356 g/mol. The van der Waals surface area contributed by atoms with Crippen LogP contribution in [0.25, 0.3) is 0 Å². The third-order valence-corrected chi connectivity index (χ3v) is 4.72. The van der Waals surface area contributed by atoms with Gasteiger partial charge < -0.3 is 19.9 Å². The number of hydrogen-bond donors (Lipinski definition) is 2. The molecule has 1 aromatic carbocycles. The highest BCUT2D eigenvalue weighted by Crippen LogP contribution is 2.28. The molecule has 0 radical (unpaired) electrons. The largest absolute Gasteiger partial charge is 0.496 e. The van der Waals surface area contributed by atoms with Crippen LogP contribution in [0.3, 0.4) is 0 Å². The number of hydrogen-bond acceptors (Lipinski definition) is 4. The van der Waals surface area contributed by atoms with E-state index in [1.807, 2.05) is 59.6 Å². The van der Waals surface area contributed by atoms with Crippen molar-refractivity contribution in [2.45, 2.75) is 12.6 Å². The molecule has 0 saturated heterocycles. The number of methoxy groups -OCH3 is 1. The van der Waals surface area contributed by atoms with E-state index in [9.17, 15) is 4.79 Å². The van der Waals surface area contributed by atoms with Gasteiger partial charge in [-0.3, -0.25) is 0 Å². The van der Waals surface area contributed by atoms with Crippen LogP contribution in [0.4, 0.5) is 4.79 Å². The maximum absolute atomic E-state index is 12.4. The maximum Gasteiger partial charge on any atom is 0.315 e. The van der Waals surface area contributed by atoms with Crippen LogP contribution in [-0.4, -0.2) is 22.7 Å². The summed E-state index contributed by atoms with van der Waals surface area (Å²) in [5.41, 5.74) is 0.852. The van der Waals surface area contributed by atoms with E-state index in [1.165, 1.54) is 0 Å². The molecule has 0 aliphatic carbocycles. The van der Waals surface area contributed by atoms with Crippen LogP contribution < -0.4 is 15.4 Å². The summed E-state index contributed by atoms with van der Waals surface area (Å²) in [5, 5.41) is 7.88. The Labute approximate surface area is 150 Å². The highest BCUT2D eigenvalue weighted by atomic mass is 32.1. The van der Waals surface area contributed by atoms with Gasteiger partial charge in [-0.1, -0.05) is 24.3 Å². The number of nitrogens with zero attached hydrogens (tertiary/aromatic N) is 2. The molecule has 2 amide bonds. The summed E-state index contributed by atoms with van der Waals surface area (Å²) in [7, 11) is 3.52. The van der Waals surface area contributed by atoms with E-state index in [1.54, 1.807) is 24.6 Å². The summed E-state index contributed by atoms with van der Waals surface area (Å²) in [4.78, 5) is 17.9. The normalized spacial score (nSPS) is 11.8. The Morgan fingerprint density at radius 1 is 1.32 bits per heavy atom. The van der Waals surface area contributed by atoms with Crippen LogP contribution in [0.15, 0.2) is 54.2 Å². The molecule has 25 heavy (non-hydrogen) atoms. The van der Waals surface area contributed by atoms with Gasteiger partial charge in [0, 0.05) is 29.9 Å². The van der Waals surface area contributed by atoms with Crippen LogP contribution in [0, 0.1) is 0 Å². The summed E-state index contributed by atoms with van der Waals surface area (Å²) in [6.07, 6.45) is 3.56. The molecule has 6 nitrogen and oxygen atoms in total. The molecule has 7 heteroatoms. The Bertz CT molecular complexity index is 829. The quantitative estimate of drug-likeness (QED) is 0.713. The van der Waals surface area contributed by atoms with Crippen molar-refractivity contribution < 1.29 is 9.53 Å². The minimum atomic E-state index is -0.417. The van der Waals surface area contributed by atoms with E-state index < -0.39 is 6.04 Å². The van der Waals surface area contributed by atoms with Gasteiger partial charge in [-0.25, -0.2) is 9.78 Å². The highest BCUT2D eigenvalue weighted by Gasteiger charge is 2.23. The molecule has 1 atom stereocenters. The second kappa shape index (κ2) is 7.85. The fraction of sp³-hybridized carbons (Fsp3) is 0.222. The minimum absolute atomic E-state index is 0.257. The molecule has 0 bridgehead atoms. The minimum Gasteiger partial charge on any atom is -0.496 e. The Morgan fingerprint density at radius 2 is 2.16 bits per heavy atom. The van der Waals surface area contributed by atoms with Crippen molar-refractivity contribution >= 4 is 17.4 Å². The molecule has 2 aromatic heterocycles. The molecule has 2 heterocycles. The highest BCUT2D eigenvalue weighted by molar-refractivity contribution is 7.09. The molecular formula is C18H20N4O2S. The van der Waals surface area contributed by atoms with Crippen LogP contribution >= 0.6 is 11.3 Å². The maximum atomic E-state index is 12.4. The third-order valence-electron chi connectivity index (χ3n) is 3.85. The zero-order chi connectivity index (χ0) is 17.6. The first-order valence-corrected chi connectivity index (χ1v) is 8.74. The van der Waals surface area contributed by atoms with Gasteiger partial charge in [-0.2, -0.15) is 0 Å². The van der Waals surface area contributed by atoms with Crippen LogP contribution in [-0.2, 0) is 13.6 Å². The molecule has 3 rings (SSSR count). The molecule has 2 N–H and O–H groups in total. The van der Waals surface area contributed by atoms with Crippen molar-refractivity contribution in [1.29, 1.82) is 0 Å². The SMILES string of the molecule is COc1ccccc1C(NC(=O)NCc1cccs1)c1nccn1C. The number of para-hydroxylation sites is 1. The molecule has 0 saturated carbocycles. The Balaban J connectivity index is 1.82. The van der Waals surface area contributed by atoms with Crippen molar-refractivity contribution in [2.75, 3.05) is 7.11 Å². The summed E-state index contributed by atoms with van der Waals surface area (Å²) >= 11 is 1.61. The molecule has 130 valence electrons. The lowest BCUT2D eigenvalue weighted by Crippen LogP contribution is -2.38. The number of carbonyl (C=O) groups is 1. The third kappa shape index (κ3) is 4.00. The predicted molar refractivity (Wildman–Crippen MR) is 97.7 cm³/mol. The van der Waals surface area contributed by atoms with Crippen molar-refractivity contribution in [3.05, 3.63) is 70.4 Å². The van der Waals surface area contributed by atoms with Gasteiger partial charge >= 0.3 is 6.03 Å². The first kappa shape index (κ1) is 17.0. The number of carbonyl (C=O) groups excluding carboxylic acids is 1. The summed E-state index contributed by atoms with van der Waals surface area (Å²) in [5.74, 6) is 1.44. The van der Waals surface area contributed by atoms with E-state index in [0.717, 1.165) is 16.3 Å². The second-order valence-corrected chi connectivity index (χ2v) is 6.51. The smallest absolute Gasteiger partial charge is 0.315 e. The van der Waals surface area contributed by atoms with Gasteiger partial charge in [0.25, 0.3) is 0 Å². The summed E-state index contributed by atoms with van der Waals surface area (Å²) in [6.45, 7) is 0.489. The van der Waals surface area contributed by atoms with Gasteiger partial charge in [0.1, 0.15) is 17.6 Å². The van der Waals surface area contributed by atoms with E-state index >= 15 is 0 Å². The molecule has 1 unspecified atom stereocenters. The predicted octanol–water partition coefficient (Wildman–Crippen LogP) is 3.08. The number of rotatable bonds is 6. The number of urea groups is 1. The molecule has 0 aliphatic heterocycles. The first-order chi connectivity index (χ1) is 12.2. The van der Waals surface area contributed by atoms with E-state index in [0.29, 0.717) is 12.3 Å². The average Bonchev–Trinajstić information content (AvgIpc) is 3.29. The van der Waals surface area contributed by atoms with E-state index in [4.69, 9.17) is 4.74 Å².